The fourth-order valence-corrected chi connectivity index (χ4v) is 0.687. The van der Waals surface area contributed by atoms with Crippen molar-refractivity contribution in [3.8, 4) is 0 Å². The fraction of sp³-hybridized carbons (Fsp3) is 1.00. The maximum atomic E-state index is 3.39. The first-order chi connectivity index (χ1) is 3.66. The van der Waals surface area contributed by atoms with Crippen LogP contribution in [0.3, 0.4) is 0 Å². The van der Waals surface area contributed by atoms with E-state index in [4.69, 9.17) is 0 Å². The highest BCUT2D eigenvalue weighted by Crippen LogP contribution is 1.89. The first kappa shape index (κ1) is 12.0. The van der Waals surface area contributed by atoms with Gasteiger partial charge in [-0.3, -0.25) is 0 Å². The van der Waals surface area contributed by atoms with Gasteiger partial charge in [0.25, 0.3) is 0 Å². The molecular formula is C7H18ClN. The van der Waals surface area contributed by atoms with Crippen LogP contribution in [0.1, 0.15) is 34.1 Å². The average Bonchev–Trinajstić information content (AvgIpc) is 1.65. The number of nitrogens with one attached hydrogen (secondary N) is 1. The van der Waals surface area contributed by atoms with Crippen molar-refractivity contribution in [2.45, 2.75) is 46.2 Å². The van der Waals surface area contributed by atoms with Gasteiger partial charge in [-0.2, -0.15) is 0 Å². The SMILES string of the molecule is CCC(C)NC(C)C.Cl. The van der Waals surface area contributed by atoms with Crippen molar-refractivity contribution in [3.63, 3.8) is 0 Å². The van der Waals surface area contributed by atoms with Gasteiger partial charge < -0.3 is 5.32 Å². The molecule has 0 bridgehead atoms. The summed E-state index contributed by atoms with van der Waals surface area (Å²) >= 11 is 0. The van der Waals surface area contributed by atoms with Gasteiger partial charge in [-0.1, -0.05) is 20.8 Å². The molecule has 1 unspecified atom stereocenters. The Labute approximate surface area is 64.6 Å². The van der Waals surface area contributed by atoms with Gasteiger partial charge >= 0.3 is 0 Å². The van der Waals surface area contributed by atoms with E-state index < -0.39 is 0 Å². The molecule has 1 atom stereocenters. The zero-order valence-electron chi connectivity index (χ0n) is 6.77. The Kier molecular flexibility index (Phi) is 8.48. The average molecular weight is 152 g/mol. The van der Waals surface area contributed by atoms with Crippen LogP contribution in [0.25, 0.3) is 0 Å². The van der Waals surface area contributed by atoms with Crippen molar-refractivity contribution in [2.75, 3.05) is 0 Å². The molecule has 58 valence electrons. The minimum Gasteiger partial charge on any atom is -0.312 e. The van der Waals surface area contributed by atoms with Crippen LogP contribution < -0.4 is 5.32 Å². The summed E-state index contributed by atoms with van der Waals surface area (Å²) in [5.74, 6) is 0. The first-order valence-corrected chi connectivity index (χ1v) is 3.42. The molecule has 9 heavy (non-hydrogen) atoms. The highest BCUT2D eigenvalue weighted by atomic mass is 35.5. The third-order valence-corrected chi connectivity index (χ3v) is 1.23. The van der Waals surface area contributed by atoms with E-state index >= 15 is 0 Å². The molecule has 0 aromatic rings. The molecule has 0 spiro atoms. The topological polar surface area (TPSA) is 12.0 Å². The molecule has 0 aliphatic rings. The van der Waals surface area contributed by atoms with Crippen LogP contribution in [-0.4, -0.2) is 12.1 Å². The standard InChI is InChI=1S/C7H17N.ClH/c1-5-7(4)8-6(2)3;/h6-8H,5H2,1-4H3;1H. The molecule has 0 aliphatic carbocycles. The van der Waals surface area contributed by atoms with E-state index in [0.717, 1.165) is 0 Å². The summed E-state index contributed by atoms with van der Waals surface area (Å²) in [6.45, 7) is 8.75. The van der Waals surface area contributed by atoms with Crippen LogP contribution in [0.4, 0.5) is 0 Å². The predicted molar refractivity (Wildman–Crippen MR) is 45.3 cm³/mol. The van der Waals surface area contributed by atoms with E-state index in [1.165, 1.54) is 6.42 Å². The lowest BCUT2D eigenvalue weighted by Gasteiger charge is -2.13. The van der Waals surface area contributed by atoms with Crippen molar-refractivity contribution in [1.82, 2.24) is 5.32 Å². The van der Waals surface area contributed by atoms with Gasteiger partial charge in [0.15, 0.2) is 0 Å². The summed E-state index contributed by atoms with van der Waals surface area (Å²) in [6.07, 6.45) is 1.22. The largest absolute Gasteiger partial charge is 0.312 e. The van der Waals surface area contributed by atoms with Crippen molar-refractivity contribution < 1.29 is 0 Å². The molecule has 0 radical (unpaired) electrons. The van der Waals surface area contributed by atoms with Crippen molar-refractivity contribution >= 4 is 12.4 Å². The number of halogens is 1. The molecule has 0 aromatic carbocycles. The van der Waals surface area contributed by atoms with Gasteiger partial charge in [0, 0.05) is 12.1 Å². The molecule has 0 fully saturated rings. The Balaban J connectivity index is 0. The summed E-state index contributed by atoms with van der Waals surface area (Å²) in [5.41, 5.74) is 0. The molecule has 0 saturated heterocycles. The minimum absolute atomic E-state index is 0. The van der Waals surface area contributed by atoms with Gasteiger partial charge in [-0.25, -0.2) is 0 Å². The Bertz CT molecular complexity index is 54.9. The highest BCUT2D eigenvalue weighted by Gasteiger charge is 1.97. The van der Waals surface area contributed by atoms with E-state index in [2.05, 4.69) is 33.0 Å². The fourth-order valence-electron chi connectivity index (χ4n) is 0.687. The van der Waals surface area contributed by atoms with Gasteiger partial charge in [-0.05, 0) is 13.3 Å². The molecular weight excluding hydrogens is 134 g/mol. The van der Waals surface area contributed by atoms with E-state index in [9.17, 15) is 0 Å². The van der Waals surface area contributed by atoms with Crippen LogP contribution in [0, 0.1) is 0 Å². The van der Waals surface area contributed by atoms with Gasteiger partial charge in [0.1, 0.15) is 0 Å². The second kappa shape index (κ2) is 6.37. The van der Waals surface area contributed by atoms with Crippen LogP contribution >= 0.6 is 12.4 Å². The van der Waals surface area contributed by atoms with Crippen molar-refractivity contribution in [1.29, 1.82) is 0 Å². The summed E-state index contributed by atoms with van der Waals surface area (Å²) < 4.78 is 0. The molecule has 0 rings (SSSR count). The van der Waals surface area contributed by atoms with Gasteiger partial charge in [-0.15, -0.1) is 12.4 Å². The van der Waals surface area contributed by atoms with Gasteiger partial charge in [0.2, 0.25) is 0 Å². The Morgan fingerprint density at radius 2 is 1.67 bits per heavy atom. The smallest absolute Gasteiger partial charge is 0.00384 e. The molecule has 1 N–H and O–H groups in total. The second-order valence-electron chi connectivity index (χ2n) is 2.63. The summed E-state index contributed by atoms with van der Waals surface area (Å²) in [6, 6.07) is 1.31. The molecule has 1 nitrogen and oxygen atoms in total. The molecule has 2 heteroatoms. The quantitative estimate of drug-likeness (QED) is 0.652. The number of hydrogen-bond donors (Lipinski definition) is 1. The summed E-state index contributed by atoms with van der Waals surface area (Å²) in [7, 11) is 0. The van der Waals surface area contributed by atoms with E-state index in [1.54, 1.807) is 0 Å². The summed E-state index contributed by atoms with van der Waals surface area (Å²) in [4.78, 5) is 0. The van der Waals surface area contributed by atoms with E-state index in [0.29, 0.717) is 12.1 Å². The third-order valence-electron chi connectivity index (χ3n) is 1.23. The normalized spacial score (nSPS) is 13.0. The first-order valence-electron chi connectivity index (χ1n) is 3.42. The predicted octanol–water partition coefficient (Wildman–Crippen LogP) is 2.20. The Morgan fingerprint density at radius 1 is 1.22 bits per heavy atom. The lowest BCUT2D eigenvalue weighted by Crippen LogP contribution is -2.31. The molecule has 0 aliphatic heterocycles. The van der Waals surface area contributed by atoms with Crippen LogP contribution in [0.15, 0.2) is 0 Å². The Hall–Kier alpha value is 0.250. The minimum atomic E-state index is 0. The third kappa shape index (κ3) is 8.25. The Morgan fingerprint density at radius 3 is 1.78 bits per heavy atom. The number of rotatable bonds is 3. The lowest BCUT2D eigenvalue weighted by molar-refractivity contribution is 0.479. The maximum absolute atomic E-state index is 3.39. The highest BCUT2D eigenvalue weighted by molar-refractivity contribution is 5.85. The van der Waals surface area contributed by atoms with Crippen molar-refractivity contribution in [3.05, 3.63) is 0 Å². The van der Waals surface area contributed by atoms with Crippen molar-refractivity contribution in [2.24, 2.45) is 0 Å². The lowest BCUT2D eigenvalue weighted by atomic mass is 10.2. The van der Waals surface area contributed by atoms with Gasteiger partial charge in [0.05, 0.1) is 0 Å². The summed E-state index contributed by atoms with van der Waals surface area (Å²) in [5, 5.41) is 3.39. The van der Waals surface area contributed by atoms with Crippen LogP contribution in [-0.2, 0) is 0 Å². The zero-order chi connectivity index (χ0) is 6.57. The molecule has 0 amide bonds. The molecule has 0 aromatic heterocycles. The maximum Gasteiger partial charge on any atom is 0.00384 e. The van der Waals surface area contributed by atoms with E-state index in [1.807, 2.05) is 0 Å². The second-order valence-corrected chi connectivity index (χ2v) is 2.63. The van der Waals surface area contributed by atoms with E-state index in [-0.39, 0.29) is 12.4 Å². The molecule has 0 saturated carbocycles. The van der Waals surface area contributed by atoms with Crippen LogP contribution in [0.5, 0.6) is 0 Å². The van der Waals surface area contributed by atoms with Crippen LogP contribution in [0.2, 0.25) is 0 Å². The zero-order valence-corrected chi connectivity index (χ0v) is 7.59. The monoisotopic (exact) mass is 151 g/mol. The molecule has 0 heterocycles. The number of hydrogen-bond acceptors (Lipinski definition) is 1.